The van der Waals surface area contributed by atoms with Gasteiger partial charge in [0.15, 0.2) is 5.65 Å². The predicted molar refractivity (Wildman–Crippen MR) is 137 cm³/mol. The van der Waals surface area contributed by atoms with Crippen LogP contribution in [0.3, 0.4) is 0 Å². The average Bonchev–Trinajstić information content (AvgIpc) is 3.28. The highest BCUT2D eigenvalue weighted by Crippen LogP contribution is 2.28. The quantitative estimate of drug-likeness (QED) is 0.326. The van der Waals surface area contributed by atoms with Gasteiger partial charge in [0.2, 0.25) is 0 Å². The number of methoxy groups -OCH3 is 1. The summed E-state index contributed by atoms with van der Waals surface area (Å²) >= 11 is 0. The van der Waals surface area contributed by atoms with Gasteiger partial charge in [0, 0.05) is 17.4 Å². The number of nitrogens with zero attached hydrogens (tertiary/aromatic N) is 3. The van der Waals surface area contributed by atoms with Crippen LogP contribution in [0.15, 0.2) is 96.2 Å². The first-order valence-electron chi connectivity index (χ1n) is 10.9. The van der Waals surface area contributed by atoms with Gasteiger partial charge >= 0.3 is 0 Å². The third kappa shape index (κ3) is 4.80. The Labute approximate surface area is 203 Å². The molecule has 2 aromatic heterocycles. The van der Waals surface area contributed by atoms with E-state index >= 15 is 0 Å². The summed E-state index contributed by atoms with van der Waals surface area (Å²) in [5, 5.41) is 7.64. The second-order valence-corrected chi connectivity index (χ2v) is 9.68. The number of hydrogen-bond acceptors (Lipinski definition) is 6. The number of aromatic nitrogens is 3. The van der Waals surface area contributed by atoms with Crippen LogP contribution < -0.4 is 14.8 Å². The van der Waals surface area contributed by atoms with Crippen LogP contribution in [0, 0.1) is 6.92 Å². The van der Waals surface area contributed by atoms with E-state index in [-0.39, 0.29) is 4.90 Å². The fourth-order valence-electron chi connectivity index (χ4n) is 3.67. The minimum atomic E-state index is -3.70. The smallest absolute Gasteiger partial charge is 0.261 e. The maximum absolute atomic E-state index is 12.8. The summed E-state index contributed by atoms with van der Waals surface area (Å²) < 4.78 is 35.2. The molecule has 9 heteroatoms. The molecule has 0 saturated carbocycles. The molecule has 176 valence electrons. The van der Waals surface area contributed by atoms with Crippen LogP contribution in [0.1, 0.15) is 5.56 Å². The predicted octanol–water partition coefficient (Wildman–Crippen LogP) is 5.26. The molecule has 2 N–H and O–H groups in total. The first-order valence-corrected chi connectivity index (χ1v) is 12.3. The highest BCUT2D eigenvalue weighted by molar-refractivity contribution is 7.92. The summed E-state index contributed by atoms with van der Waals surface area (Å²) in [7, 11) is -2.07. The summed E-state index contributed by atoms with van der Waals surface area (Å²) in [5.74, 6) is 1.35. The van der Waals surface area contributed by atoms with Gasteiger partial charge in [0.25, 0.3) is 10.0 Å². The summed E-state index contributed by atoms with van der Waals surface area (Å²) in [4.78, 5) is 4.94. The first kappa shape index (κ1) is 22.4. The van der Waals surface area contributed by atoms with Gasteiger partial charge in [-0.3, -0.25) is 4.72 Å². The van der Waals surface area contributed by atoms with E-state index in [9.17, 15) is 8.42 Å². The van der Waals surface area contributed by atoms with Crippen molar-refractivity contribution < 1.29 is 13.2 Å². The van der Waals surface area contributed by atoms with Gasteiger partial charge in [-0.2, -0.15) is 5.10 Å². The zero-order valence-corrected chi connectivity index (χ0v) is 20.0. The number of anilines is 3. The van der Waals surface area contributed by atoms with E-state index in [1.807, 2.05) is 43.5 Å². The van der Waals surface area contributed by atoms with Crippen molar-refractivity contribution in [2.75, 3.05) is 17.1 Å². The van der Waals surface area contributed by atoms with Crippen molar-refractivity contribution in [3.63, 3.8) is 0 Å². The second-order valence-electron chi connectivity index (χ2n) is 8.00. The number of rotatable bonds is 7. The zero-order chi connectivity index (χ0) is 24.4. The molecule has 2 heterocycles. The van der Waals surface area contributed by atoms with E-state index in [0.717, 1.165) is 22.4 Å². The Morgan fingerprint density at radius 1 is 0.914 bits per heavy atom. The molecule has 5 aromatic rings. The fraction of sp³-hybridized carbons (Fsp3) is 0.0769. The molecule has 35 heavy (non-hydrogen) atoms. The molecule has 0 fully saturated rings. The van der Waals surface area contributed by atoms with Gasteiger partial charge < -0.3 is 10.1 Å². The lowest BCUT2D eigenvalue weighted by molar-refractivity contribution is 0.415. The molecule has 0 atom stereocenters. The first-order chi connectivity index (χ1) is 16.9. The number of benzene rings is 3. The van der Waals surface area contributed by atoms with Gasteiger partial charge in [0.05, 0.1) is 23.9 Å². The third-order valence-electron chi connectivity index (χ3n) is 5.47. The summed E-state index contributed by atoms with van der Waals surface area (Å²) in [5.41, 5.74) is 4.61. The molecule has 5 rings (SSSR count). The summed E-state index contributed by atoms with van der Waals surface area (Å²) in [6.45, 7) is 1.91. The third-order valence-corrected chi connectivity index (χ3v) is 6.87. The molecule has 8 nitrogen and oxygen atoms in total. The molecule has 3 aromatic carbocycles. The maximum Gasteiger partial charge on any atom is 0.261 e. The van der Waals surface area contributed by atoms with Crippen molar-refractivity contribution >= 4 is 32.9 Å². The normalized spacial score (nSPS) is 11.4. The van der Waals surface area contributed by atoms with Gasteiger partial charge in [-0.25, -0.2) is 17.9 Å². The number of nitrogens with one attached hydrogen (secondary N) is 2. The van der Waals surface area contributed by atoms with E-state index < -0.39 is 10.0 Å². The number of hydrogen-bond donors (Lipinski definition) is 2. The topological polar surface area (TPSA) is 97.6 Å². The van der Waals surface area contributed by atoms with E-state index in [1.165, 1.54) is 0 Å². The van der Waals surface area contributed by atoms with Gasteiger partial charge in [-0.15, -0.1) is 0 Å². The Kier molecular flexibility index (Phi) is 5.84. The van der Waals surface area contributed by atoms with Gasteiger partial charge in [-0.1, -0.05) is 35.9 Å². The maximum atomic E-state index is 12.8. The van der Waals surface area contributed by atoms with Crippen LogP contribution >= 0.6 is 0 Å². The standard InChI is InChI=1S/C26H23N5O3S/c1-18-9-11-23(12-10-18)35(32,33)30-21-7-4-6-20(16-21)28-25-13-14-31-26(29-25)24(17-27-31)19-5-3-8-22(15-19)34-2/h3-17,30H,1-2H3,(H,28,29). The summed E-state index contributed by atoms with van der Waals surface area (Å²) in [6.07, 6.45) is 3.58. The van der Waals surface area contributed by atoms with Crippen LogP contribution in [-0.2, 0) is 10.0 Å². The molecular formula is C26H23N5O3S. The van der Waals surface area contributed by atoms with E-state index in [1.54, 1.807) is 66.4 Å². The number of sulfonamides is 1. The van der Waals surface area contributed by atoms with Crippen LogP contribution in [-0.4, -0.2) is 30.1 Å². The van der Waals surface area contributed by atoms with Gasteiger partial charge in [0.1, 0.15) is 11.6 Å². The molecule has 0 spiro atoms. The number of aryl methyl sites for hydroxylation is 1. The van der Waals surface area contributed by atoms with E-state index in [0.29, 0.717) is 22.8 Å². The van der Waals surface area contributed by atoms with Crippen molar-refractivity contribution in [2.24, 2.45) is 0 Å². The van der Waals surface area contributed by atoms with Crippen molar-refractivity contribution in [3.8, 4) is 16.9 Å². The van der Waals surface area contributed by atoms with Crippen LogP contribution in [0.2, 0.25) is 0 Å². The lowest BCUT2D eigenvalue weighted by Gasteiger charge is -2.11. The van der Waals surface area contributed by atoms with Crippen molar-refractivity contribution in [3.05, 3.63) is 96.8 Å². The lowest BCUT2D eigenvalue weighted by atomic mass is 10.1. The molecule has 0 aliphatic carbocycles. The SMILES string of the molecule is COc1cccc(-c2cnn3ccc(Nc4cccc(NS(=O)(=O)c5ccc(C)cc5)c4)nc23)c1. The lowest BCUT2D eigenvalue weighted by Crippen LogP contribution is -2.13. The van der Waals surface area contributed by atoms with Crippen LogP contribution in [0.5, 0.6) is 5.75 Å². The Morgan fingerprint density at radius 3 is 2.49 bits per heavy atom. The van der Waals surface area contributed by atoms with Gasteiger partial charge in [-0.05, 0) is 61.0 Å². The molecular weight excluding hydrogens is 462 g/mol. The monoisotopic (exact) mass is 485 g/mol. The largest absolute Gasteiger partial charge is 0.497 e. The molecule has 0 unspecified atom stereocenters. The zero-order valence-electron chi connectivity index (χ0n) is 19.1. The molecule has 0 aliphatic heterocycles. The van der Waals surface area contributed by atoms with Crippen LogP contribution in [0.4, 0.5) is 17.2 Å². The Morgan fingerprint density at radius 2 is 1.69 bits per heavy atom. The number of fused-ring (bicyclic) bond motifs is 1. The fourth-order valence-corrected chi connectivity index (χ4v) is 4.72. The minimum Gasteiger partial charge on any atom is -0.497 e. The van der Waals surface area contributed by atoms with Crippen molar-refractivity contribution in [2.45, 2.75) is 11.8 Å². The van der Waals surface area contributed by atoms with E-state index in [2.05, 4.69) is 15.1 Å². The average molecular weight is 486 g/mol. The molecule has 0 amide bonds. The Hall–Kier alpha value is -4.37. The highest BCUT2D eigenvalue weighted by atomic mass is 32.2. The number of ether oxygens (including phenoxy) is 1. The molecule has 0 aliphatic rings. The molecule has 0 radical (unpaired) electrons. The van der Waals surface area contributed by atoms with Crippen molar-refractivity contribution in [1.29, 1.82) is 0 Å². The van der Waals surface area contributed by atoms with E-state index in [4.69, 9.17) is 9.72 Å². The Bertz CT molecular complexity index is 1610. The van der Waals surface area contributed by atoms with Crippen LogP contribution in [0.25, 0.3) is 16.8 Å². The minimum absolute atomic E-state index is 0.208. The second kappa shape index (κ2) is 9.11. The van der Waals surface area contributed by atoms with Crippen molar-refractivity contribution in [1.82, 2.24) is 14.6 Å². The molecule has 0 saturated heterocycles. The molecule has 0 bridgehead atoms. The summed E-state index contributed by atoms with van der Waals surface area (Å²) in [6, 6.07) is 23.3. The Balaban J connectivity index is 1.40. The highest BCUT2D eigenvalue weighted by Gasteiger charge is 2.14.